The number of rotatable bonds is 6. The molecule has 4 rings (SSSR count). The van der Waals surface area contributed by atoms with Gasteiger partial charge in [-0.3, -0.25) is 4.79 Å². The third-order valence-corrected chi connectivity index (χ3v) is 8.22. The first kappa shape index (κ1) is 25.1. The molecule has 1 saturated heterocycles. The van der Waals surface area contributed by atoms with Crippen LogP contribution in [-0.2, 0) is 26.8 Å². The Labute approximate surface area is 207 Å². The minimum Gasteiger partial charge on any atom is -0.337 e. The van der Waals surface area contributed by atoms with Crippen LogP contribution in [0.1, 0.15) is 45.1 Å². The Balaban J connectivity index is 1.40. The van der Waals surface area contributed by atoms with Crippen LogP contribution in [0.15, 0.2) is 64.0 Å². The van der Waals surface area contributed by atoms with Gasteiger partial charge in [-0.15, -0.1) is 0 Å². The quantitative estimate of drug-likeness (QED) is 0.510. The number of carbonyl (C=O) groups is 1. The fraction of sp³-hybridized carbons (Fsp3) is 0.423. The third kappa shape index (κ3) is 5.62. The second kappa shape index (κ2) is 9.91. The Morgan fingerprint density at radius 3 is 2.46 bits per heavy atom. The maximum absolute atomic E-state index is 13.1. The Bertz CT molecular complexity index is 1260. The van der Waals surface area contributed by atoms with Crippen molar-refractivity contribution in [2.24, 2.45) is 5.92 Å². The zero-order chi connectivity index (χ0) is 25.2. The molecule has 0 aliphatic carbocycles. The van der Waals surface area contributed by atoms with E-state index in [2.05, 4.69) is 43.0 Å². The summed E-state index contributed by atoms with van der Waals surface area (Å²) in [5.41, 5.74) is 2.11. The van der Waals surface area contributed by atoms with Crippen molar-refractivity contribution < 1.29 is 17.7 Å². The van der Waals surface area contributed by atoms with Crippen molar-refractivity contribution in [1.82, 2.24) is 19.3 Å². The molecule has 0 radical (unpaired) electrons. The lowest BCUT2D eigenvalue weighted by Crippen LogP contribution is -2.45. The summed E-state index contributed by atoms with van der Waals surface area (Å²) in [6.07, 6.45) is 1.27. The Hall–Kier alpha value is -3.04. The number of benzene rings is 2. The average Bonchev–Trinajstić information content (AvgIpc) is 3.32. The molecule has 1 fully saturated rings. The van der Waals surface area contributed by atoms with E-state index in [9.17, 15) is 13.2 Å². The molecule has 1 aliphatic rings. The lowest BCUT2D eigenvalue weighted by molar-refractivity contribution is -0.136. The van der Waals surface area contributed by atoms with Gasteiger partial charge in [-0.05, 0) is 36.0 Å². The smallest absolute Gasteiger partial charge is 0.246 e. The molecular weight excluding hydrogens is 464 g/mol. The van der Waals surface area contributed by atoms with Crippen molar-refractivity contribution in [3.63, 3.8) is 0 Å². The molecule has 1 atom stereocenters. The topological polar surface area (TPSA) is 96.6 Å². The number of hydrogen-bond donors (Lipinski definition) is 0. The molecule has 1 aliphatic heterocycles. The summed E-state index contributed by atoms with van der Waals surface area (Å²) in [6, 6.07) is 16.4. The third-order valence-electron chi connectivity index (χ3n) is 6.34. The summed E-state index contributed by atoms with van der Waals surface area (Å²) in [6.45, 7) is 7.20. The molecule has 0 saturated carbocycles. The lowest BCUT2D eigenvalue weighted by atomic mass is 9.87. The SMILES string of the molecule is CN(Cc1nc(-c2ccc(C(C)(C)C)cc2)no1)C(=O)[C@@H]1CCCN(S(=O)(=O)c2ccccc2)C1. The van der Waals surface area contributed by atoms with Gasteiger partial charge in [0.05, 0.1) is 17.4 Å². The monoisotopic (exact) mass is 496 g/mol. The minimum absolute atomic E-state index is 0.0547. The van der Waals surface area contributed by atoms with Crippen LogP contribution in [0.2, 0.25) is 0 Å². The van der Waals surface area contributed by atoms with Gasteiger partial charge in [0.2, 0.25) is 27.6 Å². The molecule has 0 bridgehead atoms. The van der Waals surface area contributed by atoms with Gasteiger partial charge in [0, 0.05) is 25.7 Å². The number of piperidine rings is 1. The van der Waals surface area contributed by atoms with Crippen LogP contribution in [0.3, 0.4) is 0 Å². The van der Waals surface area contributed by atoms with Gasteiger partial charge < -0.3 is 9.42 Å². The van der Waals surface area contributed by atoms with Crippen molar-refractivity contribution in [2.75, 3.05) is 20.1 Å². The lowest BCUT2D eigenvalue weighted by Gasteiger charge is -2.33. The highest BCUT2D eigenvalue weighted by Gasteiger charge is 2.34. The molecule has 186 valence electrons. The summed E-state index contributed by atoms with van der Waals surface area (Å²) < 4.78 is 32.8. The van der Waals surface area contributed by atoms with Crippen LogP contribution in [0.25, 0.3) is 11.4 Å². The molecule has 0 N–H and O–H groups in total. The summed E-state index contributed by atoms with van der Waals surface area (Å²) >= 11 is 0. The molecule has 2 aromatic carbocycles. The molecule has 9 heteroatoms. The molecule has 1 aromatic heterocycles. The summed E-state index contributed by atoms with van der Waals surface area (Å²) in [7, 11) is -1.96. The molecule has 35 heavy (non-hydrogen) atoms. The highest BCUT2D eigenvalue weighted by Crippen LogP contribution is 2.27. The first-order valence-electron chi connectivity index (χ1n) is 11.8. The normalized spacial score (nSPS) is 17.3. The number of carbonyl (C=O) groups excluding carboxylic acids is 1. The molecule has 2 heterocycles. The van der Waals surface area contributed by atoms with E-state index in [1.165, 1.54) is 14.8 Å². The zero-order valence-electron chi connectivity index (χ0n) is 20.6. The Kier molecular flexibility index (Phi) is 7.10. The van der Waals surface area contributed by atoms with Crippen LogP contribution in [0.5, 0.6) is 0 Å². The van der Waals surface area contributed by atoms with Crippen molar-refractivity contribution >= 4 is 15.9 Å². The van der Waals surface area contributed by atoms with Crippen LogP contribution in [-0.4, -0.2) is 53.8 Å². The van der Waals surface area contributed by atoms with E-state index in [0.717, 1.165) is 5.56 Å². The fourth-order valence-corrected chi connectivity index (χ4v) is 5.80. The Morgan fingerprint density at radius 2 is 1.80 bits per heavy atom. The van der Waals surface area contributed by atoms with E-state index in [1.54, 1.807) is 37.4 Å². The largest absolute Gasteiger partial charge is 0.337 e. The van der Waals surface area contributed by atoms with Gasteiger partial charge in [-0.25, -0.2) is 8.42 Å². The second-order valence-electron chi connectivity index (χ2n) is 10.0. The van der Waals surface area contributed by atoms with Crippen LogP contribution in [0, 0.1) is 5.92 Å². The minimum atomic E-state index is -3.63. The van der Waals surface area contributed by atoms with E-state index in [1.807, 2.05) is 12.1 Å². The van der Waals surface area contributed by atoms with Crippen LogP contribution >= 0.6 is 0 Å². The van der Waals surface area contributed by atoms with E-state index < -0.39 is 15.9 Å². The predicted octanol–water partition coefficient (Wildman–Crippen LogP) is 4.09. The molecule has 0 unspecified atom stereocenters. The molecule has 3 aromatic rings. The summed E-state index contributed by atoms with van der Waals surface area (Å²) in [5.74, 6) is 0.256. The van der Waals surface area contributed by atoms with Crippen molar-refractivity contribution in [2.45, 2.75) is 50.5 Å². The highest BCUT2D eigenvalue weighted by molar-refractivity contribution is 7.89. The first-order chi connectivity index (χ1) is 16.6. The zero-order valence-corrected chi connectivity index (χ0v) is 21.5. The number of amides is 1. The Morgan fingerprint density at radius 1 is 1.11 bits per heavy atom. The van der Waals surface area contributed by atoms with Gasteiger partial charge in [0.1, 0.15) is 0 Å². The van der Waals surface area contributed by atoms with Gasteiger partial charge >= 0.3 is 0 Å². The highest BCUT2D eigenvalue weighted by atomic mass is 32.2. The number of sulfonamides is 1. The maximum Gasteiger partial charge on any atom is 0.246 e. The van der Waals surface area contributed by atoms with E-state index in [0.29, 0.717) is 31.1 Å². The molecule has 1 amide bonds. The van der Waals surface area contributed by atoms with Gasteiger partial charge in [-0.1, -0.05) is 68.4 Å². The van der Waals surface area contributed by atoms with Crippen molar-refractivity contribution in [3.05, 3.63) is 66.1 Å². The maximum atomic E-state index is 13.1. The number of aromatic nitrogens is 2. The summed E-state index contributed by atoms with van der Waals surface area (Å²) in [5, 5.41) is 4.07. The number of nitrogens with zero attached hydrogens (tertiary/aromatic N) is 4. The van der Waals surface area contributed by atoms with E-state index in [-0.39, 0.29) is 29.3 Å². The van der Waals surface area contributed by atoms with Crippen molar-refractivity contribution in [3.8, 4) is 11.4 Å². The van der Waals surface area contributed by atoms with E-state index in [4.69, 9.17) is 4.52 Å². The van der Waals surface area contributed by atoms with Gasteiger partial charge in [0.15, 0.2) is 0 Å². The standard InChI is InChI=1S/C26H32N4O4S/c1-26(2,3)21-14-12-19(13-15-21)24-27-23(34-28-24)18-29(4)25(31)20-9-8-16-30(17-20)35(32,33)22-10-6-5-7-11-22/h5-7,10-15,20H,8-9,16-18H2,1-4H3/t20-/m1/s1. The van der Waals surface area contributed by atoms with E-state index >= 15 is 0 Å². The number of hydrogen-bond acceptors (Lipinski definition) is 6. The van der Waals surface area contributed by atoms with Crippen LogP contribution in [0.4, 0.5) is 0 Å². The average molecular weight is 497 g/mol. The molecule has 8 nitrogen and oxygen atoms in total. The fourth-order valence-electron chi connectivity index (χ4n) is 4.25. The van der Waals surface area contributed by atoms with Crippen LogP contribution < -0.4 is 0 Å². The summed E-state index contributed by atoms with van der Waals surface area (Å²) in [4.78, 5) is 19.4. The second-order valence-corrected chi connectivity index (χ2v) is 12.0. The molecular formula is C26H32N4O4S. The van der Waals surface area contributed by atoms with Gasteiger partial charge in [0.25, 0.3) is 0 Å². The first-order valence-corrected chi connectivity index (χ1v) is 13.2. The molecule has 0 spiro atoms. The van der Waals surface area contributed by atoms with Crippen molar-refractivity contribution in [1.29, 1.82) is 0 Å². The predicted molar refractivity (Wildman–Crippen MR) is 133 cm³/mol. The van der Waals surface area contributed by atoms with Gasteiger partial charge in [-0.2, -0.15) is 9.29 Å².